The topological polar surface area (TPSA) is 60.9 Å². The average molecular weight is 477 g/mol. The second kappa shape index (κ2) is 8.59. The first kappa shape index (κ1) is 20.0. The summed E-state index contributed by atoms with van der Waals surface area (Å²) in [5.74, 6) is 1.45. The first-order valence-electron chi connectivity index (χ1n) is 9.31. The van der Waals surface area contributed by atoms with Crippen molar-refractivity contribution in [2.45, 2.75) is 18.9 Å². The number of aromatic nitrogens is 1. The van der Waals surface area contributed by atoms with Gasteiger partial charge in [-0.25, -0.2) is 4.98 Å². The summed E-state index contributed by atoms with van der Waals surface area (Å²) in [5.41, 5.74) is 1.49. The van der Waals surface area contributed by atoms with E-state index in [-0.39, 0.29) is 12.0 Å². The molecule has 0 bridgehead atoms. The fraction of sp³-hybridized carbons (Fsp3) is 0.333. The van der Waals surface area contributed by atoms with Gasteiger partial charge in [-0.1, -0.05) is 11.3 Å². The van der Waals surface area contributed by atoms with Crippen LogP contribution in [0.1, 0.15) is 23.2 Å². The number of piperidine rings is 1. The van der Waals surface area contributed by atoms with Gasteiger partial charge in [-0.2, -0.15) is 0 Å². The molecule has 1 aliphatic rings. The molecule has 0 atom stereocenters. The van der Waals surface area contributed by atoms with Crippen molar-refractivity contribution in [1.82, 2.24) is 9.88 Å². The molecule has 1 amide bonds. The molecule has 0 spiro atoms. The van der Waals surface area contributed by atoms with Gasteiger partial charge in [-0.3, -0.25) is 4.79 Å². The third-order valence-corrected chi connectivity index (χ3v) is 6.59. The van der Waals surface area contributed by atoms with Gasteiger partial charge in [0.2, 0.25) is 0 Å². The molecule has 1 saturated heterocycles. The molecule has 2 aromatic carbocycles. The molecule has 4 rings (SSSR count). The van der Waals surface area contributed by atoms with E-state index in [2.05, 4.69) is 20.9 Å². The summed E-state index contributed by atoms with van der Waals surface area (Å²) in [6.45, 7) is 1.29. The number of thiazole rings is 1. The molecule has 8 heteroatoms. The summed E-state index contributed by atoms with van der Waals surface area (Å²) in [7, 11) is 3.24. The first-order valence-corrected chi connectivity index (χ1v) is 10.9. The number of methoxy groups -OCH3 is 2. The van der Waals surface area contributed by atoms with Crippen LogP contribution in [-0.4, -0.2) is 49.2 Å². The quantitative estimate of drug-likeness (QED) is 0.531. The number of rotatable bonds is 5. The number of hydrogen-bond donors (Lipinski definition) is 0. The number of ether oxygens (including phenoxy) is 3. The van der Waals surface area contributed by atoms with E-state index in [9.17, 15) is 4.79 Å². The number of hydrogen-bond acceptors (Lipinski definition) is 6. The van der Waals surface area contributed by atoms with Gasteiger partial charge >= 0.3 is 0 Å². The van der Waals surface area contributed by atoms with Crippen LogP contribution in [0.2, 0.25) is 0 Å². The van der Waals surface area contributed by atoms with Gasteiger partial charge in [0.15, 0.2) is 0 Å². The van der Waals surface area contributed by atoms with E-state index in [1.807, 2.05) is 35.2 Å². The Morgan fingerprint density at radius 3 is 2.52 bits per heavy atom. The molecule has 1 aliphatic heterocycles. The molecule has 0 aliphatic carbocycles. The standard InChI is InChI=1S/C21H21BrN2O4S/c1-26-14-3-5-17(22)16(11-14)20(25)24-9-7-13(8-10-24)28-21-23-18-12-15(27-2)4-6-19(18)29-21/h3-6,11-13H,7-10H2,1-2H3. The van der Waals surface area contributed by atoms with Gasteiger partial charge in [-0.05, 0) is 46.3 Å². The van der Waals surface area contributed by atoms with Crippen LogP contribution >= 0.6 is 27.3 Å². The summed E-state index contributed by atoms with van der Waals surface area (Å²) in [5, 5.41) is 0.661. The smallest absolute Gasteiger partial charge is 0.274 e. The van der Waals surface area contributed by atoms with E-state index in [1.54, 1.807) is 20.3 Å². The Morgan fingerprint density at radius 1 is 1.10 bits per heavy atom. The SMILES string of the molecule is COc1ccc(Br)c(C(=O)N2CCC(Oc3nc4cc(OC)ccc4s3)CC2)c1. The maximum absolute atomic E-state index is 12.9. The Hall–Kier alpha value is -2.32. The molecule has 1 fully saturated rings. The summed E-state index contributed by atoms with van der Waals surface area (Å²) in [4.78, 5) is 19.3. The zero-order valence-electron chi connectivity index (χ0n) is 16.2. The van der Waals surface area contributed by atoms with Crippen molar-refractivity contribution in [3.63, 3.8) is 0 Å². The normalized spacial score (nSPS) is 14.8. The molecule has 2 heterocycles. The van der Waals surface area contributed by atoms with Crippen molar-refractivity contribution in [1.29, 1.82) is 0 Å². The van der Waals surface area contributed by atoms with Gasteiger partial charge in [0.05, 0.1) is 30.0 Å². The zero-order chi connectivity index (χ0) is 20.4. The minimum Gasteiger partial charge on any atom is -0.497 e. The highest BCUT2D eigenvalue weighted by atomic mass is 79.9. The van der Waals surface area contributed by atoms with Gasteiger partial charge in [0.25, 0.3) is 11.1 Å². The van der Waals surface area contributed by atoms with Crippen molar-refractivity contribution in [2.75, 3.05) is 27.3 Å². The number of fused-ring (bicyclic) bond motifs is 1. The number of carbonyl (C=O) groups excluding carboxylic acids is 1. The Labute approximate surface area is 181 Å². The molecular formula is C21H21BrN2O4S. The predicted octanol–water partition coefficient (Wildman–Crippen LogP) is 4.76. The number of halogens is 1. The highest BCUT2D eigenvalue weighted by Crippen LogP contribution is 2.32. The Balaban J connectivity index is 1.39. The molecule has 0 N–H and O–H groups in total. The fourth-order valence-electron chi connectivity index (χ4n) is 3.35. The lowest BCUT2D eigenvalue weighted by molar-refractivity contribution is 0.0594. The van der Waals surface area contributed by atoms with Gasteiger partial charge < -0.3 is 19.1 Å². The van der Waals surface area contributed by atoms with E-state index in [4.69, 9.17) is 14.2 Å². The summed E-state index contributed by atoms with van der Waals surface area (Å²) in [6, 6.07) is 11.3. The third-order valence-electron chi connectivity index (χ3n) is 4.98. The highest BCUT2D eigenvalue weighted by molar-refractivity contribution is 9.10. The summed E-state index contributed by atoms with van der Waals surface area (Å²) < 4.78 is 18.4. The Kier molecular flexibility index (Phi) is 5.91. The van der Waals surface area contributed by atoms with Crippen LogP contribution in [0, 0.1) is 0 Å². The van der Waals surface area contributed by atoms with Crippen molar-refractivity contribution in [2.24, 2.45) is 0 Å². The molecule has 6 nitrogen and oxygen atoms in total. The van der Waals surface area contributed by atoms with Crippen LogP contribution in [0.25, 0.3) is 10.2 Å². The lowest BCUT2D eigenvalue weighted by Gasteiger charge is -2.32. The van der Waals surface area contributed by atoms with Crippen molar-refractivity contribution < 1.29 is 19.0 Å². The van der Waals surface area contributed by atoms with Gasteiger partial charge in [0, 0.05) is 36.5 Å². The molecule has 0 radical (unpaired) electrons. The molecule has 29 heavy (non-hydrogen) atoms. The lowest BCUT2D eigenvalue weighted by atomic mass is 10.1. The minimum atomic E-state index is 0.00121. The van der Waals surface area contributed by atoms with Crippen LogP contribution in [0.15, 0.2) is 40.9 Å². The number of nitrogens with zero attached hydrogens (tertiary/aromatic N) is 2. The van der Waals surface area contributed by atoms with Crippen molar-refractivity contribution >= 4 is 43.4 Å². The third kappa shape index (κ3) is 4.33. The van der Waals surface area contributed by atoms with E-state index >= 15 is 0 Å². The van der Waals surface area contributed by atoms with Gasteiger partial charge in [-0.15, -0.1) is 0 Å². The minimum absolute atomic E-state index is 0.00121. The summed E-state index contributed by atoms with van der Waals surface area (Å²) >= 11 is 5.00. The molecule has 152 valence electrons. The molecule has 0 saturated carbocycles. The number of likely N-dealkylation sites (tertiary alicyclic amines) is 1. The van der Waals surface area contributed by atoms with Crippen LogP contribution in [0.5, 0.6) is 16.7 Å². The maximum atomic E-state index is 12.9. The second-order valence-corrected chi connectivity index (χ2v) is 8.62. The molecule has 3 aromatic rings. The van der Waals surface area contributed by atoms with E-state index in [0.29, 0.717) is 29.6 Å². The number of amides is 1. The van der Waals surface area contributed by atoms with Crippen molar-refractivity contribution in [3.8, 4) is 16.7 Å². The van der Waals surface area contributed by atoms with Gasteiger partial charge in [0.1, 0.15) is 17.6 Å². The maximum Gasteiger partial charge on any atom is 0.274 e. The molecule has 1 aromatic heterocycles. The largest absolute Gasteiger partial charge is 0.497 e. The van der Waals surface area contributed by atoms with E-state index in [0.717, 1.165) is 33.3 Å². The number of carbonyl (C=O) groups is 1. The Bertz CT molecular complexity index is 1030. The average Bonchev–Trinajstić information content (AvgIpc) is 3.15. The van der Waals surface area contributed by atoms with E-state index < -0.39 is 0 Å². The number of benzene rings is 2. The predicted molar refractivity (Wildman–Crippen MR) is 116 cm³/mol. The van der Waals surface area contributed by atoms with Crippen molar-refractivity contribution in [3.05, 3.63) is 46.4 Å². The zero-order valence-corrected chi connectivity index (χ0v) is 18.6. The highest BCUT2D eigenvalue weighted by Gasteiger charge is 2.26. The first-order chi connectivity index (χ1) is 14.1. The van der Waals surface area contributed by atoms with Crippen LogP contribution in [0.4, 0.5) is 0 Å². The van der Waals surface area contributed by atoms with E-state index in [1.165, 1.54) is 11.3 Å². The Morgan fingerprint density at radius 2 is 1.79 bits per heavy atom. The lowest BCUT2D eigenvalue weighted by Crippen LogP contribution is -2.41. The summed E-state index contributed by atoms with van der Waals surface area (Å²) in [6.07, 6.45) is 1.59. The second-order valence-electron chi connectivity index (χ2n) is 6.77. The monoisotopic (exact) mass is 476 g/mol. The molecule has 0 unspecified atom stereocenters. The van der Waals surface area contributed by atoms with Crippen LogP contribution < -0.4 is 14.2 Å². The fourth-order valence-corrected chi connectivity index (χ4v) is 4.63. The van der Waals surface area contributed by atoms with Crippen LogP contribution in [-0.2, 0) is 0 Å². The van der Waals surface area contributed by atoms with Crippen LogP contribution in [0.3, 0.4) is 0 Å². The molecular weight excluding hydrogens is 456 g/mol.